The topological polar surface area (TPSA) is 87.7 Å². The lowest BCUT2D eigenvalue weighted by molar-refractivity contribution is -0.139. The lowest BCUT2D eigenvalue weighted by Gasteiger charge is -2.18. The van der Waals surface area contributed by atoms with Gasteiger partial charge < -0.3 is 20.5 Å². The molecule has 0 aliphatic carbocycles. The summed E-state index contributed by atoms with van der Waals surface area (Å²) >= 11 is 0. The summed E-state index contributed by atoms with van der Waals surface area (Å²) in [5, 5.41) is 14.0. The van der Waals surface area contributed by atoms with Crippen molar-refractivity contribution in [3.63, 3.8) is 0 Å². The maximum Gasteiger partial charge on any atom is 0.326 e. The van der Waals surface area contributed by atoms with Gasteiger partial charge in [0.05, 0.1) is 6.10 Å². The Kier molecular flexibility index (Phi) is 8.11. The molecule has 0 heterocycles. The van der Waals surface area contributed by atoms with E-state index >= 15 is 0 Å². The molecule has 2 amide bonds. The van der Waals surface area contributed by atoms with E-state index in [9.17, 15) is 9.59 Å². The smallest absolute Gasteiger partial charge is 0.326 e. The molecule has 0 aliphatic rings. The molecule has 6 nitrogen and oxygen atoms in total. The van der Waals surface area contributed by atoms with Crippen LogP contribution in [0.3, 0.4) is 0 Å². The Morgan fingerprint density at radius 2 is 1.89 bits per heavy atom. The van der Waals surface area contributed by atoms with E-state index in [1.807, 2.05) is 27.7 Å². The van der Waals surface area contributed by atoms with Crippen LogP contribution in [0.1, 0.15) is 34.1 Å². The molecular formula is C12H24N2O4. The fourth-order valence-electron chi connectivity index (χ4n) is 1.48. The van der Waals surface area contributed by atoms with Crippen molar-refractivity contribution in [2.45, 2.75) is 46.3 Å². The second-order valence-electron chi connectivity index (χ2n) is 4.64. The summed E-state index contributed by atoms with van der Waals surface area (Å²) in [7, 11) is 0. The van der Waals surface area contributed by atoms with Crippen molar-refractivity contribution in [1.82, 2.24) is 10.6 Å². The minimum atomic E-state index is -1.02. The third kappa shape index (κ3) is 7.89. The standard InChI is InChI=1S/C12H24N2O4/c1-5-18-9(4)7-13-12(17)14-10(11(15)16)6-8(2)3/h8-10H,5-7H2,1-4H3,(H,15,16)(H2,13,14,17)/t9?,10-/m0/s1. The molecule has 0 saturated carbocycles. The molecule has 18 heavy (non-hydrogen) atoms. The number of carboxylic acids is 1. The average molecular weight is 260 g/mol. The van der Waals surface area contributed by atoms with Crippen LogP contribution in [0.5, 0.6) is 0 Å². The maximum atomic E-state index is 11.5. The minimum absolute atomic E-state index is 0.0888. The number of urea groups is 1. The zero-order chi connectivity index (χ0) is 14.1. The highest BCUT2D eigenvalue weighted by Crippen LogP contribution is 2.04. The summed E-state index contributed by atoms with van der Waals surface area (Å²) in [4.78, 5) is 22.5. The van der Waals surface area contributed by atoms with Gasteiger partial charge in [0.25, 0.3) is 0 Å². The predicted molar refractivity (Wildman–Crippen MR) is 68.5 cm³/mol. The van der Waals surface area contributed by atoms with Gasteiger partial charge in [-0.15, -0.1) is 0 Å². The van der Waals surface area contributed by atoms with E-state index in [0.29, 0.717) is 19.6 Å². The van der Waals surface area contributed by atoms with Crippen molar-refractivity contribution in [1.29, 1.82) is 0 Å². The normalized spacial score (nSPS) is 14.1. The SMILES string of the molecule is CCOC(C)CNC(=O)N[C@@H](CC(C)C)C(=O)O. The number of carbonyl (C=O) groups is 2. The molecule has 6 heteroatoms. The number of rotatable bonds is 8. The van der Waals surface area contributed by atoms with E-state index < -0.39 is 18.0 Å². The molecule has 0 fully saturated rings. The van der Waals surface area contributed by atoms with Gasteiger partial charge in [-0.3, -0.25) is 0 Å². The Bertz CT molecular complexity index is 269. The summed E-state index contributed by atoms with van der Waals surface area (Å²) in [6.07, 6.45) is 0.318. The fourth-order valence-corrected chi connectivity index (χ4v) is 1.48. The summed E-state index contributed by atoms with van der Waals surface area (Å²) < 4.78 is 5.25. The van der Waals surface area contributed by atoms with E-state index in [0.717, 1.165) is 0 Å². The van der Waals surface area contributed by atoms with E-state index in [2.05, 4.69) is 10.6 Å². The van der Waals surface area contributed by atoms with Crippen molar-refractivity contribution >= 4 is 12.0 Å². The van der Waals surface area contributed by atoms with Gasteiger partial charge in [0.2, 0.25) is 0 Å². The number of ether oxygens (including phenoxy) is 1. The Morgan fingerprint density at radius 1 is 1.28 bits per heavy atom. The minimum Gasteiger partial charge on any atom is -0.480 e. The summed E-state index contributed by atoms with van der Waals surface area (Å²) in [5.41, 5.74) is 0. The lowest BCUT2D eigenvalue weighted by Crippen LogP contribution is -2.48. The van der Waals surface area contributed by atoms with Crippen molar-refractivity contribution in [2.75, 3.05) is 13.2 Å². The van der Waals surface area contributed by atoms with Crippen LogP contribution in [0.4, 0.5) is 4.79 Å². The third-order valence-electron chi connectivity index (χ3n) is 2.31. The highest BCUT2D eigenvalue weighted by atomic mass is 16.5. The third-order valence-corrected chi connectivity index (χ3v) is 2.31. The molecule has 3 N–H and O–H groups in total. The van der Waals surface area contributed by atoms with Gasteiger partial charge in [0.15, 0.2) is 0 Å². The molecule has 0 aromatic carbocycles. The van der Waals surface area contributed by atoms with Crippen molar-refractivity contribution in [3.05, 3.63) is 0 Å². The maximum absolute atomic E-state index is 11.5. The monoisotopic (exact) mass is 260 g/mol. The van der Waals surface area contributed by atoms with Crippen LogP contribution in [0.2, 0.25) is 0 Å². The van der Waals surface area contributed by atoms with E-state index in [4.69, 9.17) is 9.84 Å². The number of carboxylic acid groups (broad SMARTS) is 1. The van der Waals surface area contributed by atoms with Crippen LogP contribution >= 0.6 is 0 Å². The molecular weight excluding hydrogens is 236 g/mol. The van der Waals surface area contributed by atoms with E-state index in [1.54, 1.807) is 0 Å². The van der Waals surface area contributed by atoms with Crippen molar-refractivity contribution in [2.24, 2.45) is 5.92 Å². The number of nitrogens with one attached hydrogen (secondary N) is 2. The molecule has 1 unspecified atom stereocenters. The van der Waals surface area contributed by atoms with Crippen molar-refractivity contribution in [3.8, 4) is 0 Å². The van der Waals surface area contributed by atoms with Gasteiger partial charge in [-0.2, -0.15) is 0 Å². The molecule has 0 aromatic heterocycles. The lowest BCUT2D eigenvalue weighted by atomic mass is 10.0. The molecule has 0 spiro atoms. The van der Waals surface area contributed by atoms with Crippen LogP contribution in [0.25, 0.3) is 0 Å². The number of hydrogen-bond acceptors (Lipinski definition) is 3. The molecule has 0 radical (unpaired) electrons. The van der Waals surface area contributed by atoms with E-state index in [1.165, 1.54) is 0 Å². The Hall–Kier alpha value is -1.30. The predicted octanol–water partition coefficient (Wildman–Crippen LogP) is 1.21. The average Bonchev–Trinajstić information content (AvgIpc) is 2.25. The molecule has 0 bridgehead atoms. The van der Waals surface area contributed by atoms with Crippen LogP contribution < -0.4 is 10.6 Å². The highest BCUT2D eigenvalue weighted by molar-refractivity contribution is 5.82. The van der Waals surface area contributed by atoms with Crippen molar-refractivity contribution < 1.29 is 19.4 Å². The number of carbonyl (C=O) groups excluding carboxylic acids is 1. The molecule has 106 valence electrons. The number of amides is 2. The van der Waals surface area contributed by atoms with Crippen LogP contribution in [0.15, 0.2) is 0 Å². The Labute approximate surface area is 108 Å². The zero-order valence-corrected chi connectivity index (χ0v) is 11.5. The molecule has 2 atom stereocenters. The van der Waals surface area contributed by atoms with Gasteiger partial charge in [0, 0.05) is 13.2 Å². The Morgan fingerprint density at radius 3 is 2.33 bits per heavy atom. The fraction of sp³-hybridized carbons (Fsp3) is 0.833. The van der Waals surface area contributed by atoms with Gasteiger partial charge in [-0.05, 0) is 26.2 Å². The Balaban J connectivity index is 4.06. The van der Waals surface area contributed by atoms with Crippen LogP contribution in [-0.2, 0) is 9.53 Å². The summed E-state index contributed by atoms with van der Waals surface area (Å²) in [6, 6.07) is -1.33. The molecule has 0 aliphatic heterocycles. The first kappa shape index (κ1) is 16.7. The largest absolute Gasteiger partial charge is 0.480 e. The molecule has 0 aromatic rings. The summed E-state index contributed by atoms with van der Waals surface area (Å²) in [6.45, 7) is 8.47. The first-order valence-corrected chi connectivity index (χ1v) is 6.25. The van der Waals surface area contributed by atoms with Gasteiger partial charge in [-0.1, -0.05) is 13.8 Å². The molecule has 0 rings (SSSR count). The van der Waals surface area contributed by atoms with Crippen LogP contribution in [-0.4, -0.2) is 42.4 Å². The zero-order valence-electron chi connectivity index (χ0n) is 11.5. The van der Waals surface area contributed by atoms with Gasteiger partial charge in [0.1, 0.15) is 6.04 Å². The van der Waals surface area contributed by atoms with E-state index in [-0.39, 0.29) is 12.0 Å². The number of aliphatic carboxylic acids is 1. The summed E-state index contributed by atoms with van der Waals surface area (Å²) in [5.74, 6) is -0.814. The second-order valence-corrected chi connectivity index (χ2v) is 4.64. The quantitative estimate of drug-likeness (QED) is 0.612. The highest BCUT2D eigenvalue weighted by Gasteiger charge is 2.20. The number of hydrogen-bond donors (Lipinski definition) is 3. The first-order chi connectivity index (χ1) is 8.36. The van der Waals surface area contributed by atoms with Crippen LogP contribution in [0, 0.1) is 5.92 Å². The van der Waals surface area contributed by atoms with Gasteiger partial charge in [-0.25, -0.2) is 9.59 Å². The molecule has 0 saturated heterocycles. The second kappa shape index (κ2) is 8.74. The van der Waals surface area contributed by atoms with Gasteiger partial charge >= 0.3 is 12.0 Å². The first-order valence-electron chi connectivity index (χ1n) is 6.25.